The minimum Gasteiger partial charge on any atom is -0.467 e. The van der Waals surface area contributed by atoms with Crippen LogP contribution in [0.15, 0.2) is 53.1 Å². The van der Waals surface area contributed by atoms with Crippen LogP contribution in [0.2, 0.25) is 0 Å². The van der Waals surface area contributed by atoms with Crippen LogP contribution in [0.4, 0.5) is 0 Å². The molecule has 1 aliphatic rings. The molecule has 2 aromatic rings. The Morgan fingerprint density at radius 1 is 1.19 bits per heavy atom. The van der Waals surface area contributed by atoms with Gasteiger partial charge in [0.25, 0.3) is 0 Å². The van der Waals surface area contributed by atoms with Gasteiger partial charge in [0, 0.05) is 5.54 Å². The highest BCUT2D eigenvalue weighted by molar-refractivity contribution is 7.91. The number of nitrogens with one attached hydrogen (secondary N) is 1. The highest BCUT2D eigenvalue weighted by atomic mass is 32.2. The normalized spacial score (nSPS) is 25.8. The molecule has 0 aliphatic carbocycles. The molecule has 1 aromatic heterocycles. The molecule has 0 radical (unpaired) electrons. The predicted octanol–water partition coefficient (Wildman–Crippen LogP) is 2.54. The van der Waals surface area contributed by atoms with Crippen molar-refractivity contribution in [1.82, 2.24) is 5.32 Å². The predicted molar refractivity (Wildman–Crippen MR) is 81.8 cm³/mol. The van der Waals surface area contributed by atoms with Gasteiger partial charge in [0.05, 0.1) is 23.8 Å². The van der Waals surface area contributed by atoms with Gasteiger partial charge in [0.2, 0.25) is 0 Å². The Kier molecular flexibility index (Phi) is 3.63. The van der Waals surface area contributed by atoms with E-state index in [0.717, 1.165) is 11.3 Å². The number of hydrogen-bond acceptors (Lipinski definition) is 4. The molecule has 2 atom stereocenters. The molecule has 4 nitrogen and oxygen atoms in total. The summed E-state index contributed by atoms with van der Waals surface area (Å²) in [5.74, 6) is 1.21. The zero-order valence-corrected chi connectivity index (χ0v) is 12.8. The summed E-state index contributed by atoms with van der Waals surface area (Å²) in [4.78, 5) is 0. The summed E-state index contributed by atoms with van der Waals surface area (Å²) in [6.45, 7) is 1.97. The lowest BCUT2D eigenvalue weighted by Crippen LogP contribution is -2.45. The highest BCUT2D eigenvalue weighted by Gasteiger charge is 2.40. The number of hydrogen-bond donors (Lipinski definition) is 1. The van der Waals surface area contributed by atoms with Gasteiger partial charge in [0.15, 0.2) is 9.84 Å². The first-order chi connectivity index (χ1) is 9.98. The zero-order valence-electron chi connectivity index (χ0n) is 12.0. The van der Waals surface area contributed by atoms with Crippen LogP contribution < -0.4 is 5.32 Å². The van der Waals surface area contributed by atoms with E-state index in [-0.39, 0.29) is 17.5 Å². The van der Waals surface area contributed by atoms with Gasteiger partial charge in [-0.1, -0.05) is 30.3 Å². The summed E-state index contributed by atoms with van der Waals surface area (Å²) < 4.78 is 29.1. The monoisotopic (exact) mass is 305 g/mol. The maximum absolute atomic E-state index is 11.8. The number of sulfone groups is 1. The second-order valence-corrected chi connectivity index (χ2v) is 8.09. The van der Waals surface area contributed by atoms with Crippen molar-refractivity contribution in [2.24, 2.45) is 0 Å². The summed E-state index contributed by atoms with van der Waals surface area (Å²) in [6.07, 6.45) is 2.26. The van der Waals surface area contributed by atoms with E-state index >= 15 is 0 Å². The van der Waals surface area contributed by atoms with Gasteiger partial charge >= 0.3 is 0 Å². The van der Waals surface area contributed by atoms with E-state index in [2.05, 4.69) is 5.32 Å². The first-order valence-corrected chi connectivity index (χ1v) is 8.86. The van der Waals surface area contributed by atoms with Crippen LogP contribution in [0.25, 0.3) is 0 Å². The van der Waals surface area contributed by atoms with E-state index < -0.39 is 15.4 Å². The van der Waals surface area contributed by atoms with Gasteiger partial charge in [0.1, 0.15) is 5.76 Å². The molecule has 0 amide bonds. The lowest BCUT2D eigenvalue weighted by molar-refractivity contribution is 0.335. The fourth-order valence-corrected chi connectivity index (χ4v) is 5.00. The molecule has 1 fully saturated rings. The summed E-state index contributed by atoms with van der Waals surface area (Å²) in [5.41, 5.74) is 0.643. The third kappa shape index (κ3) is 3.19. The maximum Gasteiger partial charge on any atom is 0.152 e. The SMILES string of the molecule is CC1(NC(c2ccccc2)c2ccco2)CCS(=O)(=O)C1. The molecular weight excluding hydrogens is 286 g/mol. The zero-order chi connectivity index (χ0) is 14.9. The molecule has 2 heterocycles. The molecule has 1 N–H and O–H groups in total. The van der Waals surface area contributed by atoms with Crippen LogP contribution in [0.3, 0.4) is 0 Å². The molecule has 0 spiro atoms. The Morgan fingerprint density at radius 3 is 2.52 bits per heavy atom. The van der Waals surface area contributed by atoms with Gasteiger partial charge in [-0.3, -0.25) is 5.32 Å². The maximum atomic E-state index is 11.8. The Morgan fingerprint density at radius 2 is 1.95 bits per heavy atom. The smallest absolute Gasteiger partial charge is 0.152 e. The van der Waals surface area contributed by atoms with E-state index in [0.29, 0.717) is 6.42 Å². The van der Waals surface area contributed by atoms with Gasteiger partial charge in [-0.15, -0.1) is 0 Å². The van der Waals surface area contributed by atoms with E-state index in [1.54, 1.807) is 6.26 Å². The lowest BCUT2D eigenvalue weighted by Gasteiger charge is -2.30. The standard InChI is InChI=1S/C16H19NO3S/c1-16(9-11-21(18,19)12-16)17-15(14-8-5-10-20-14)13-6-3-2-4-7-13/h2-8,10,15,17H,9,11-12H2,1H3. The number of furan rings is 1. The molecule has 2 unspecified atom stereocenters. The van der Waals surface area contributed by atoms with Crippen LogP contribution in [0.1, 0.15) is 30.7 Å². The molecule has 1 saturated heterocycles. The molecule has 0 saturated carbocycles. The number of rotatable bonds is 4. The quantitative estimate of drug-likeness (QED) is 0.943. The summed E-state index contributed by atoms with van der Waals surface area (Å²) in [7, 11) is -2.94. The van der Waals surface area contributed by atoms with Crippen molar-refractivity contribution in [3.63, 3.8) is 0 Å². The molecule has 1 aliphatic heterocycles. The molecule has 1 aromatic carbocycles. The Labute approximate surface area is 125 Å². The van der Waals surface area contributed by atoms with Crippen LogP contribution in [0, 0.1) is 0 Å². The molecule has 112 valence electrons. The average Bonchev–Trinajstić information content (AvgIpc) is 3.06. The van der Waals surface area contributed by atoms with Gasteiger partial charge in [-0.25, -0.2) is 8.42 Å². The van der Waals surface area contributed by atoms with Gasteiger partial charge < -0.3 is 4.42 Å². The summed E-state index contributed by atoms with van der Waals surface area (Å²) in [6, 6.07) is 13.6. The van der Waals surface area contributed by atoms with Crippen LogP contribution in [-0.2, 0) is 9.84 Å². The van der Waals surface area contributed by atoms with Crippen LogP contribution in [-0.4, -0.2) is 25.5 Å². The highest BCUT2D eigenvalue weighted by Crippen LogP contribution is 2.30. The van der Waals surface area contributed by atoms with Crippen molar-refractivity contribution in [3.8, 4) is 0 Å². The van der Waals surface area contributed by atoms with Crippen molar-refractivity contribution in [2.45, 2.75) is 24.9 Å². The molecule has 5 heteroatoms. The van der Waals surface area contributed by atoms with Crippen LogP contribution >= 0.6 is 0 Å². The van der Waals surface area contributed by atoms with Gasteiger partial charge in [-0.05, 0) is 31.0 Å². The lowest BCUT2D eigenvalue weighted by atomic mass is 9.96. The Bertz CT molecular complexity index is 694. The van der Waals surface area contributed by atoms with Crippen molar-refractivity contribution < 1.29 is 12.8 Å². The summed E-state index contributed by atoms with van der Waals surface area (Å²) in [5, 5.41) is 3.49. The van der Waals surface area contributed by atoms with E-state index in [4.69, 9.17) is 4.42 Å². The molecule has 0 bridgehead atoms. The topological polar surface area (TPSA) is 59.3 Å². The third-order valence-corrected chi connectivity index (χ3v) is 5.86. The fraction of sp³-hybridized carbons (Fsp3) is 0.375. The van der Waals surface area contributed by atoms with Crippen molar-refractivity contribution in [1.29, 1.82) is 0 Å². The fourth-order valence-electron chi connectivity index (χ4n) is 2.89. The first kappa shape index (κ1) is 14.4. The Hall–Kier alpha value is -1.59. The molecule has 3 rings (SSSR count). The van der Waals surface area contributed by atoms with Crippen molar-refractivity contribution >= 4 is 9.84 Å². The van der Waals surface area contributed by atoms with E-state index in [1.165, 1.54) is 0 Å². The Balaban J connectivity index is 1.91. The summed E-state index contributed by atoms with van der Waals surface area (Å²) >= 11 is 0. The second kappa shape index (κ2) is 5.31. The van der Waals surface area contributed by atoms with Crippen molar-refractivity contribution in [2.75, 3.05) is 11.5 Å². The number of benzene rings is 1. The van der Waals surface area contributed by atoms with Crippen LogP contribution in [0.5, 0.6) is 0 Å². The first-order valence-electron chi connectivity index (χ1n) is 7.04. The van der Waals surface area contributed by atoms with E-state index in [1.807, 2.05) is 49.4 Å². The second-order valence-electron chi connectivity index (χ2n) is 5.91. The average molecular weight is 305 g/mol. The largest absolute Gasteiger partial charge is 0.467 e. The third-order valence-electron chi connectivity index (χ3n) is 3.96. The molecule has 21 heavy (non-hydrogen) atoms. The minimum atomic E-state index is -2.94. The van der Waals surface area contributed by atoms with E-state index in [9.17, 15) is 8.42 Å². The van der Waals surface area contributed by atoms with Crippen molar-refractivity contribution in [3.05, 3.63) is 60.1 Å². The van der Waals surface area contributed by atoms with Gasteiger partial charge in [-0.2, -0.15) is 0 Å². The molecular formula is C16H19NO3S. The minimum absolute atomic E-state index is 0.139.